The molecule has 1 heterocycles. The highest BCUT2D eigenvalue weighted by atomic mass is 32.1. The second kappa shape index (κ2) is 5.80. The molecular weight excluding hydrogens is 230 g/mol. The maximum Gasteiger partial charge on any atom is 0.205 e. The van der Waals surface area contributed by atoms with Crippen LogP contribution in [0.5, 0.6) is 0 Å². The van der Waals surface area contributed by atoms with Crippen LogP contribution in [0, 0.1) is 11.8 Å². The summed E-state index contributed by atoms with van der Waals surface area (Å²) in [6.07, 6.45) is 6.31. The van der Waals surface area contributed by atoms with Gasteiger partial charge in [-0.15, -0.1) is 10.2 Å². The quantitative estimate of drug-likeness (QED) is 0.869. The van der Waals surface area contributed by atoms with E-state index in [0.717, 1.165) is 22.5 Å². The Morgan fingerprint density at radius 1 is 1.35 bits per heavy atom. The van der Waals surface area contributed by atoms with Gasteiger partial charge < -0.3 is 5.32 Å². The summed E-state index contributed by atoms with van der Waals surface area (Å²) >= 11 is 1.72. The molecule has 1 aliphatic rings. The minimum atomic E-state index is 0.625. The van der Waals surface area contributed by atoms with Crippen molar-refractivity contribution >= 4 is 16.5 Å². The fourth-order valence-corrected chi connectivity index (χ4v) is 3.52. The minimum Gasteiger partial charge on any atom is -0.357 e. The molecule has 0 aliphatic heterocycles. The summed E-state index contributed by atoms with van der Waals surface area (Å²) in [6, 6.07) is 0.625. The van der Waals surface area contributed by atoms with Crippen LogP contribution in [-0.2, 0) is 6.42 Å². The Kier molecular flexibility index (Phi) is 4.37. The molecule has 1 N–H and O–H groups in total. The van der Waals surface area contributed by atoms with Crippen molar-refractivity contribution in [3.8, 4) is 0 Å². The van der Waals surface area contributed by atoms with E-state index in [4.69, 9.17) is 0 Å². The van der Waals surface area contributed by atoms with Gasteiger partial charge in [0.25, 0.3) is 0 Å². The molecule has 0 saturated heterocycles. The SMILES string of the molecule is CCC1CCC(Nc2nnc(CC(C)C)s2)C1. The van der Waals surface area contributed by atoms with Crippen LogP contribution in [-0.4, -0.2) is 16.2 Å². The van der Waals surface area contributed by atoms with Crippen LogP contribution < -0.4 is 5.32 Å². The van der Waals surface area contributed by atoms with Crippen LogP contribution in [0.2, 0.25) is 0 Å². The van der Waals surface area contributed by atoms with Crippen LogP contribution in [0.15, 0.2) is 0 Å². The van der Waals surface area contributed by atoms with E-state index < -0.39 is 0 Å². The number of anilines is 1. The maximum atomic E-state index is 4.24. The zero-order valence-corrected chi connectivity index (χ0v) is 11.9. The summed E-state index contributed by atoms with van der Waals surface area (Å²) in [4.78, 5) is 0. The molecule has 0 bridgehead atoms. The molecule has 17 heavy (non-hydrogen) atoms. The second-order valence-corrected chi connectivity index (χ2v) is 6.59. The lowest BCUT2D eigenvalue weighted by Crippen LogP contribution is -2.15. The fraction of sp³-hybridized carbons (Fsp3) is 0.846. The van der Waals surface area contributed by atoms with Gasteiger partial charge in [-0.05, 0) is 31.1 Å². The van der Waals surface area contributed by atoms with Crippen molar-refractivity contribution in [3.63, 3.8) is 0 Å². The summed E-state index contributed by atoms with van der Waals surface area (Å²) < 4.78 is 0. The first-order valence-corrected chi connectivity index (χ1v) is 7.58. The number of hydrogen-bond acceptors (Lipinski definition) is 4. The van der Waals surface area contributed by atoms with Crippen LogP contribution in [0.4, 0.5) is 5.13 Å². The molecule has 1 aromatic heterocycles. The molecule has 1 fully saturated rings. The zero-order valence-electron chi connectivity index (χ0n) is 11.1. The lowest BCUT2D eigenvalue weighted by Gasteiger charge is -2.10. The summed E-state index contributed by atoms with van der Waals surface area (Å²) in [7, 11) is 0. The van der Waals surface area contributed by atoms with Gasteiger partial charge in [0.1, 0.15) is 5.01 Å². The van der Waals surface area contributed by atoms with Gasteiger partial charge in [0.2, 0.25) is 5.13 Å². The van der Waals surface area contributed by atoms with Crippen molar-refractivity contribution in [2.45, 2.75) is 58.9 Å². The zero-order chi connectivity index (χ0) is 12.3. The molecule has 2 unspecified atom stereocenters. The number of nitrogens with one attached hydrogen (secondary N) is 1. The Balaban J connectivity index is 1.85. The van der Waals surface area contributed by atoms with Gasteiger partial charge in [0.15, 0.2) is 0 Å². The normalized spacial score (nSPS) is 24.5. The number of aromatic nitrogens is 2. The number of rotatable bonds is 5. The minimum absolute atomic E-state index is 0.625. The lowest BCUT2D eigenvalue weighted by atomic mass is 10.1. The van der Waals surface area contributed by atoms with Gasteiger partial charge in [-0.25, -0.2) is 0 Å². The molecule has 2 rings (SSSR count). The third kappa shape index (κ3) is 3.66. The van der Waals surface area contributed by atoms with E-state index in [9.17, 15) is 0 Å². The third-order valence-electron chi connectivity index (χ3n) is 3.50. The first-order chi connectivity index (χ1) is 8.17. The predicted octanol–water partition coefficient (Wildman–Crippen LogP) is 3.73. The van der Waals surface area contributed by atoms with Crippen molar-refractivity contribution < 1.29 is 0 Å². The molecule has 0 spiro atoms. The van der Waals surface area contributed by atoms with Crippen molar-refractivity contribution in [1.82, 2.24) is 10.2 Å². The van der Waals surface area contributed by atoms with E-state index in [1.807, 2.05) is 0 Å². The van der Waals surface area contributed by atoms with Crippen molar-refractivity contribution in [3.05, 3.63) is 5.01 Å². The predicted molar refractivity (Wildman–Crippen MR) is 73.5 cm³/mol. The largest absolute Gasteiger partial charge is 0.357 e. The first-order valence-electron chi connectivity index (χ1n) is 6.76. The topological polar surface area (TPSA) is 37.8 Å². The molecule has 3 nitrogen and oxygen atoms in total. The van der Waals surface area contributed by atoms with Gasteiger partial charge in [0, 0.05) is 12.5 Å². The Bertz CT molecular complexity index is 348. The molecule has 96 valence electrons. The summed E-state index contributed by atoms with van der Waals surface area (Å²) in [5.41, 5.74) is 0. The molecule has 1 saturated carbocycles. The Hall–Kier alpha value is -0.640. The number of nitrogens with zero attached hydrogens (tertiary/aromatic N) is 2. The highest BCUT2D eigenvalue weighted by Crippen LogP contribution is 2.31. The molecule has 0 radical (unpaired) electrons. The average molecular weight is 253 g/mol. The van der Waals surface area contributed by atoms with E-state index in [-0.39, 0.29) is 0 Å². The van der Waals surface area contributed by atoms with Crippen LogP contribution in [0.25, 0.3) is 0 Å². The molecule has 1 aromatic rings. The van der Waals surface area contributed by atoms with Crippen molar-refractivity contribution in [2.75, 3.05) is 5.32 Å². The van der Waals surface area contributed by atoms with Gasteiger partial charge in [-0.2, -0.15) is 0 Å². The maximum absolute atomic E-state index is 4.24. The summed E-state index contributed by atoms with van der Waals surface area (Å²) in [5, 5.41) is 14.2. The van der Waals surface area contributed by atoms with E-state index in [2.05, 4.69) is 36.3 Å². The second-order valence-electron chi connectivity index (χ2n) is 5.53. The van der Waals surface area contributed by atoms with Crippen LogP contribution >= 0.6 is 11.3 Å². The molecule has 1 aliphatic carbocycles. The van der Waals surface area contributed by atoms with Crippen molar-refractivity contribution in [2.24, 2.45) is 11.8 Å². The molecule has 2 atom stereocenters. The first kappa shape index (κ1) is 12.8. The Labute approximate surface area is 108 Å². The van der Waals surface area contributed by atoms with E-state index in [1.54, 1.807) is 11.3 Å². The van der Waals surface area contributed by atoms with Gasteiger partial charge in [-0.1, -0.05) is 38.5 Å². The fourth-order valence-electron chi connectivity index (χ4n) is 2.50. The smallest absolute Gasteiger partial charge is 0.205 e. The third-order valence-corrected chi connectivity index (χ3v) is 4.37. The number of hydrogen-bond donors (Lipinski definition) is 1. The van der Waals surface area contributed by atoms with Crippen LogP contribution in [0.1, 0.15) is 51.5 Å². The van der Waals surface area contributed by atoms with Crippen LogP contribution in [0.3, 0.4) is 0 Å². The van der Waals surface area contributed by atoms with Gasteiger partial charge >= 0.3 is 0 Å². The molecule has 0 aromatic carbocycles. The average Bonchev–Trinajstić information content (AvgIpc) is 2.88. The van der Waals surface area contributed by atoms with Crippen molar-refractivity contribution in [1.29, 1.82) is 0 Å². The summed E-state index contributed by atoms with van der Waals surface area (Å²) in [5.74, 6) is 1.57. The monoisotopic (exact) mass is 253 g/mol. The van der Waals surface area contributed by atoms with Gasteiger partial charge in [-0.3, -0.25) is 0 Å². The standard InChI is InChI=1S/C13H23N3S/c1-4-10-5-6-11(8-10)14-13-16-15-12(17-13)7-9(2)3/h9-11H,4-8H2,1-3H3,(H,14,16). The Morgan fingerprint density at radius 3 is 2.82 bits per heavy atom. The Morgan fingerprint density at radius 2 is 2.18 bits per heavy atom. The summed E-state index contributed by atoms with van der Waals surface area (Å²) in [6.45, 7) is 6.73. The molecule has 4 heteroatoms. The molecule has 0 amide bonds. The molecular formula is C13H23N3S. The lowest BCUT2D eigenvalue weighted by molar-refractivity contribution is 0.525. The van der Waals surface area contributed by atoms with E-state index in [0.29, 0.717) is 12.0 Å². The van der Waals surface area contributed by atoms with E-state index >= 15 is 0 Å². The highest BCUT2D eigenvalue weighted by molar-refractivity contribution is 7.15. The van der Waals surface area contributed by atoms with Gasteiger partial charge in [0.05, 0.1) is 0 Å². The van der Waals surface area contributed by atoms with E-state index in [1.165, 1.54) is 25.7 Å². The highest BCUT2D eigenvalue weighted by Gasteiger charge is 2.23.